The summed E-state index contributed by atoms with van der Waals surface area (Å²) in [6, 6.07) is 0. The van der Waals surface area contributed by atoms with Crippen molar-refractivity contribution in [2.45, 2.75) is 45.4 Å². The third kappa shape index (κ3) is 3.22. The summed E-state index contributed by atoms with van der Waals surface area (Å²) in [6.45, 7) is 6.00. The first-order valence-corrected chi connectivity index (χ1v) is 5.36. The average Bonchev–Trinajstić information content (AvgIpc) is 2.12. The second kappa shape index (κ2) is 5.80. The molecule has 72 valence electrons. The van der Waals surface area contributed by atoms with E-state index >= 15 is 0 Å². The summed E-state index contributed by atoms with van der Waals surface area (Å²) in [4.78, 5) is 0. The van der Waals surface area contributed by atoms with Gasteiger partial charge in [0.25, 0.3) is 0 Å². The van der Waals surface area contributed by atoms with Crippen LogP contribution in [-0.4, -0.2) is 0 Å². The monoisotopic (exact) mass is 176 g/mol. The van der Waals surface area contributed by atoms with Crippen LogP contribution in [0.25, 0.3) is 0 Å². The van der Waals surface area contributed by atoms with Crippen LogP contribution < -0.4 is 0 Å². The summed E-state index contributed by atoms with van der Waals surface area (Å²) in [5.74, 6) is 0. The van der Waals surface area contributed by atoms with Crippen molar-refractivity contribution < 1.29 is 0 Å². The standard InChI is InChI=1S/C13H20/c1-3-5-6-7-9-13-11-10-12(13)8-4-2/h4,7,9H,2-3,5-6,8,10-11H2,1H3/b9-7+. The number of rotatable bonds is 6. The molecule has 0 aromatic carbocycles. The lowest BCUT2D eigenvalue weighted by molar-refractivity contribution is 0.788. The van der Waals surface area contributed by atoms with E-state index < -0.39 is 0 Å². The Balaban J connectivity index is 2.31. The van der Waals surface area contributed by atoms with E-state index in [2.05, 4.69) is 25.7 Å². The summed E-state index contributed by atoms with van der Waals surface area (Å²) < 4.78 is 0. The highest BCUT2D eigenvalue weighted by Gasteiger charge is 2.12. The van der Waals surface area contributed by atoms with E-state index in [0.717, 1.165) is 6.42 Å². The molecule has 0 aromatic heterocycles. The number of hydrogen-bond donors (Lipinski definition) is 0. The summed E-state index contributed by atoms with van der Waals surface area (Å²) in [5.41, 5.74) is 3.17. The molecule has 1 rings (SSSR count). The Labute approximate surface area is 82.0 Å². The van der Waals surface area contributed by atoms with Crippen LogP contribution >= 0.6 is 0 Å². The molecule has 0 saturated carbocycles. The van der Waals surface area contributed by atoms with Gasteiger partial charge in [-0.15, -0.1) is 6.58 Å². The molecule has 0 heteroatoms. The van der Waals surface area contributed by atoms with Gasteiger partial charge in [-0.3, -0.25) is 0 Å². The molecule has 0 unspecified atom stereocenters. The zero-order valence-corrected chi connectivity index (χ0v) is 8.68. The van der Waals surface area contributed by atoms with Gasteiger partial charge < -0.3 is 0 Å². The number of allylic oxidation sites excluding steroid dienone is 5. The molecule has 0 heterocycles. The molecule has 0 radical (unpaired) electrons. The van der Waals surface area contributed by atoms with Gasteiger partial charge in [-0.1, -0.05) is 43.6 Å². The molecular formula is C13H20. The summed E-state index contributed by atoms with van der Waals surface area (Å²) in [5, 5.41) is 0. The van der Waals surface area contributed by atoms with Crippen molar-refractivity contribution in [2.75, 3.05) is 0 Å². The van der Waals surface area contributed by atoms with E-state index in [-0.39, 0.29) is 0 Å². The van der Waals surface area contributed by atoms with Crippen molar-refractivity contribution >= 4 is 0 Å². The van der Waals surface area contributed by atoms with Gasteiger partial charge in [0.1, 0.15) is 0 Å². The minimum atomic E-state index is 1.09. The van der Waals surface area contributed by atoms with Crippen LogP contribution in [0.2, 0.25) is 0 Å². The maximum Gasteiger partial charge on any atom is -0.0136 e. The first kappa shape index (κ1) is 10.3. The lowest BCUT2D eigenvalue weighted by Gasteiger charge is -2.20. The normalized spacial score (nSPS) is 16.4. The van der Waals surface area contributed by atoms with Gasteiger partial charge in [0.2, 0.25) is 0 Å². The van der Waals surface area contributed by atoms with Crippen molar-refractivity contribution in [1.82, 2.24) is 0 Å². The topological polar surface area (TPSA) is 0 Å². The van der Waals surface area contributed by atoms with Gasteiger partial charge in [0.15, 0.2) is 0 Å². The summed E-state index contributed by atoms with van der Waals surface area (Å²) in [7, 11) is 0. The Morgan fingerprint density at radius 2 is 2.23 bits per heavy atom. The van der Waals surface area contributed by atoms with Gasteiger partial charge >= 0.3 is 0 Å². The number of unbranched alkanes of at least 4 members (excludes halogenated alkanes) is 2. The molecule has 1 aliphatic rings. The molecule has 0 aliphatic heterocycles. The van der Waals surface area contributed by atoms with E-state index in [0.29, 0.717) is 0 Å². The first-order chi connectivity index (χ1) is 6.38. The van der Waals surface area contributed by atoms with Crippen LogP contribution in [0.1, 0.15) is 45.4 Å². The molecule has 0 spiro atoms. The second-order valence-corrected chi connectivity index (χ2v) is 3.67. The van der Waals surface area contributed by atoms with Crippen LogP contribution in [0.15, 0.2) is 36.0 Å². The van der Waals surface area contributed by atoms with E-state index in [1.807, 2.05) is 6.08 Å². The summed E-state index contributed by atoms with van der Waals surface area (Å²) in [6.07, 6.45) is 14.2. The van der Waals surface area contributed by atoms with Crippen LogP contribution in [0.3, 0.4) is 0 Å². The molecule has 1 aliphatic carbocycles. The first-order valence-electron chi connectivity index (χ1n) is 5.36. The zero-order valence-electron chi connectivity index (χ0n) is 8.68. The van der Waals surface area contributed by atoms with Crippen LogP contribution in [0, 0.1) is 0 Å². The van der Waals surface area contributed by atoms with Gasteiger partial charge in [-0.05, 0) is 31.3 Å². The van der Waals surface area contributed by atoms with E-state index in [1.54, 1.807) is 11.1 Å². The van der Waals surface area contributed by atoms with Crippen LogP contribution in [-0.2, 0) is 0 Å². The summed E-state index contributed by atoms with van der Waals surface area (Å²) >= 11 is 0. The number of hydrogen-bond acceptors (Lipinski definition) is 0. The Morgan fingerprint density at radius 3 is 2.77 bits per heavy atom. The Kier molecular flexibility index (Phi) is 4.59. The molecule has 0 bridgehead atoms. The van der Waals surface area contributed by atoms with E-state index in [9.17, 15) is 0 Å². The third-order valence-electron chi connectivity index (χ3n) is 2.58. The van der Waals surface area contributed by atoms with Crippen molar-refractivity contribution in [3.05, 3.63) is 36.0 Å². The van der Waals surface area contributed by atoms with Crippen molar-refractivity contribution in [3.8, 4) is 0 Å². The maximum atomic E-state index is 3.77. The highest BCUT2D eigenvalue weighted by atomic mass is 14.2. The van der Waals surface area contributed by atoms with Crippen molar-refractivity contribution in [1.29, 1.82) is 0 Å². The predicted octanol–water partition coefficient (Wildman–Crippen LogP) is 4.40. The molecule has 0 atom stereocenters. The molecule has 0 saturated heterocycles. The lowest BCUT2D eigenvalue weighted by Crippen LogP contribution is -2.00. The fourth-order valence-electron chi connectivity index (χ4n) is 1.60. The molecular weight excluding hydrogens is 156 g/mol. The third-order valence-corrected chi connectivity index (χ3v) is 2.58. The Hall–Kier alpha value is -0.780. The van der Waals surface area contributed by atoms with Crippen molar-refractivity contribution in [2.24, 2.45) is 0 Å². The van der Waals surface area contributed by atoms with Gasteiger partial charge in [0, 0.05) is 0 Å². The van der Waals surface area contributed by atoms with Crippen LogP contribution in [0.5, 0.6) is 0 Å². The predicted molar refractivity (Wildman–Crippen MR) is 59.7 cm³/mol. The molecule has 0 aromatic rings. The van der Waals surface area contributed by atoms with Crippen LogP contribution in [0.4, 0.5) is 0 Å². The fraction of sp³-hybridized carbons (Fsp3) is 0.538. The van der Waals surface area contributed by atoms with Gasteiger partial charge in [-0.25, -0.2) is 0 Å². The molecule has 0 N–H and O–H groups in total. The molecule has 0 nitrogen and oxygen atoms in total. The molecule has 0 amide bonds. The van der Waals surface area contributed by atoms with Crippen molar-refractivity contribution in [3.63, 3.8) is 0 Å². The largest absolute Gasteiger partial charge is 0.103 e. The second-order valence-electron chi connectivity index (χ2n) is 3.67. The SMILES string of the molecule is C=CCC1=C(/C=C/CCCC)CC1. The maximum absolute atomic E-state index is 3.77. The van der Waals surface area contributed by atoms with E-state index in [1.165, 1.54) is 32.1 Å². The Morgan fingerprint density at radius 1 is 1.38 bits per heavy atom. The average molecular weight is 176 g/mol. The van der Waals surface area contributed by atoms with Gasteiger partial charge in [-0.2, -0.15) is 0 Å². The quantitative estimate of drug-likeness (QED) is 0.415. The molecule has 0 fully saturated rings. The van der Waals surface area contributed by atoms with E-state index in [4.69, 9.17) is 0 Å². The zero-order chi connectivity index (χ0) is 9.52. The molecule has 13 heavy (non-hydrogen) atoms. The Bertz CT molecular complexity index is 218. The fourth-order valence-corrected chi connectivity index (χ4v) is 1.60. The minimum absolute atomic E-state index is 1.09. The minimum Gasteiger partial charge on any atom is -0.103 e. The smallest absolute Gasteiger partial charge is 0.0136 e. The highest BCUT2D eigenvalue weighted by molar-refractivity contribution is 5.34. The lowest BCUT2D eigenvalue weighted by atomic mass is 9.86. The highest BCUT2D eigenvalue weighted by Crippen LogP contribution is 2.31. The van der Waals surface area contributed by atoms with Gasteiger partial charge in [0.05, 0.1) is 0 Å².